The van der Waals surface area contributed by atoms with E-state index in [9.17, 15) is 9.59 Å². The van der Waals surface area contributed by atoms with E-state index >= 15 is 0 Å². The van der Waals surface area contributed by atoms with Crippen LogP contribution in [0.15, 0.2) is 24.5 Å². The van der Waals surface area contributed by atoms with Crippen LogP contribution in [0.1, 0.15) is 31.7 Å². The van der Waals surface area contributed by atoms with Crippen molar-refractivity contribution in [3.63, 3.8) is 0 Å². The van der Waals surface area contributed by atoms with E-state index in [4.69, 9.17) is 0 Å². The summed E-state index contributed by atoms with van der Waals surface area (Å²) in [5, 5.41) is 2.85. The molecule has 0 aromatic carbocycles. The molecule has 1 N–H and O–H groups in total. The van der Waals surface area contributed by atoms with Crippen LogP contribution in [-0.2, 0) is 16.0 Å². The van der Waals surface area contributed by atoms with Gasteiger partial charge in [-0.05, 0) is 31.0 Å². The summed E-state index contributed by atoms with van der Waals surface area (Å²) < 4.78 is 0. The van der Waals surface area contributed by atoms with Crippen LogP contribution in [0, 0.1) is 0 Å². The lowest BCUT2D eigenvalue weighted by Crippen LogP contribution is -2.49. The van der Waals surface area contributed by atoms with Crippen molar-refractivity contribution >= 4 is 11.8 Å². The first-order valence-electron chi connectivity index (χ1n) is 8.84. The molecule has 132 valence electrons. The fourth-order valence-corrected chi connectivity index (χ4v) is 2.87. The van der Waals surface area contributed by atoms with Gasteiger partial charge in [0.15, 0.2) is 0 Å². The van der Waals surface area contributed by atoms with Crippen LogP contribution in [-0.4, -0.2) is 65.9 Å². The Balaban J connectivity index is 1.55. The zero-order valence-electron chi connectivity index (χ0n) is 14.5. The molecule has 24 heavy (non-hydrogen) atoms. The highest BCUT2D eigenvalue weighted by atomic mass is 16.2. The zero-order valence-corrected chi connectivity index (χ0v) is 14.5. The van der Waals surface area contributed by atoms with E-state index in [0.29, 0.717) is 19.4 Å². The van der Waals surface area contributed by atoms with Crippen LogP contribution in [0.25, 0.3) is 0 Å². The first kappa shape index (κ1) is 18.4. The minimum atomic E-state index is 0.0162. The summed E-state index contributed by atoms with van der Waals surface area (Å²) in [6.07, 6.45) is 6.09. The van der Waals surface area contributed by atoms with E-state index in [1.54, 1.807) is 6.20 Å². The Morgan fingerprint density at radius 1 is 1.21 bits per heavy atom. The molecular formula is C18H28N4O2. The van der Waals surface area contributed by atoms with E-state index in [-0.39, 0.29) is 11.8 Å². The van der Waals surface area contributed by atoms with Gasteiger partial charge >= 0.3 is 0 Å². The van der Waals surface area contributed by atoms with Gasteiger partial charge in [-0.15, -0.1) is 0 Å². The van der Waals surface area contributed by atoms with Gasteiger partial charge in [-0.25, -0.2) is 0 Å². The molecule has 1 fully saturated rings. The van der Waals surface area contributed by atoms with Crippen LogP contribution in [0.4, 0.5) is 0 Å². The minimum absolute atomic E-state index is 0.0162. The van der Waals surface area contributed by atoms with Crippen LogP contribution in [0.5, 0.6) is 0 Å². The third-order valence-electron chi connectivity index (χ3n) is 4.43. The van der Waals surface area contributed by atoms with Crippen molar-refractivity contribution in [3.05, 3.63) is 30.1 Å². The summed E-state index contributed by atoms with van der Waals surface area (Å²) in [5.74, 6) is 0.156. The lowest BCUT2D eigenvalue weighted by molar-refractivity contribution is -0.132. The van der Waals surface area contributed by atoms with Crippen molar-refractivity contribution in [2.45, 2.75) is 32.6 Å². The predicted octanol–water partition coefficient (Wildman–Crippen LogP) is 1.07. The molecular weight excluding hydrogens is 304 g/mol. The van der Waals surface area contributed by atoms with Crippen LogP contribution in [0.2, 0.25) is 0 Å². The zero-order chi connectivity index (χ0) is 17.2. The van der Waals surface area contributed by atoms with Gasteiger partial charge in [0.05, 0.1) is 0 Å². The highest BCUT2D eigenvalue weighted by molar-refractivity contribution is 5.79. The van der Waals surface area contributed by atoms with Gasteiger partial charge in [-0.1, -0.05) is 13.0 Å². The Morgan fingerprint density at radius 3 is 2.67 bits per heavy atom. The van der Waals surface area contributed by atoms with Crippen molar-refractivity contribution < 1.29 is 9.59 Å². The molecule has 2 rings (SSSR count). The van der Waals surface area contributed by atoms with E-state index in [1.807, 2.05) is 23.2 Å². The minimum Gasteiger partial charge on any atom is -0.356 e. The fourth-order valence-electron chi connectivity index (χ4n) is 2.87. The Hall–Kier alpha value is -1.95. The molecule has 2 heterocycles. The fraction of sp³-hybridized carbons (Fsp3) is 0.611. The number of hydrogen-bond acceptors (Lipinski definition) is 4. The molecule has 0 aliphatic carbocycles. The van der Waals surface area contributed by atoms with Gasteiger partial charge in [0.2, 0.25) is 11.8 Å². The second kappa shape index (κ2) is 10.0. The monoisotopic (exact) mass is 332 g/mol. The third-order valence-corrected chi connectivity index (χ3v) is 4.43. The number of aryl methyl sites for hydroxylation is 1. The number of carbonyl (C=O) groups is 2. The summed E-state index contributed by atoms with van der Waals surface area (Å²) in [5.41, 5.74) is 1.15. The topological polar surface area (TPSA) is 65.5 Å². The number of carbonyl (C=O) groups excluding carboxylic acids is 2. The van der Waals surface area contributed by atoms with Crippen LogP contribution < -0.4 is 5.32 Å². The van der Waals surface area contributed by atoms with Gasteiger partial charge in [-0.2, -0.15) is 0 Å². The Kier molecular flexibility index (Phi) is 7.68. The normalized spacial score (nSPS) is 15.3. The Bertz CT molecular complexity index is 513. The van der Waals surface area contributed by atoms with Crippen molar-refractivity contribution in [1.82, 2.24) is 20.1 Å². The molecule has 1 aromatic rings. The predicted molar refractivity (Wildman–Crippen MR) is 93.5 cm³/mol. The number of pyridine rings is 1. The average Bonchev–Trinajstić information content (AvgIpc) is 2.62. The first-order valence-corrected chi connectivity index (χ1v) is 8.84. The summed E-state index contributed by atoms with van der Waals surface area (Å²) in [7, 11) is 0. The number of aromatic nitrogens is 1. The summed E-state index contributed by atoms with van der Waals surface area (Å²) >= 11 is 0. The molecule has 1 aromatic heterocycles. The molecule has 0 atom stereocenters. The number of nitrogens with one attached hydrogen (secondary N) is 1. The molecule has 1 aliphatic heterocycles. The second-order valence-electron chi connectivity index (χ2n) is 6.13. The van der Waals surface area contributed by atoms with Gasteiger partial charge in [0.1, 0.15) is 0 Å². The lowest BCUT2D eigenvalue weighted by Gasteiger charge is -2.34. The standard InChI is InChI=1S/C18H28N4O2/c1-2-21-11-13-22(14-12-21)18(24)8-10-20-17(23)7-3-5-16-6-4-9-19-15-16/h4,6,9,15H,2-3,5,7-8,10-14H2,1H3,(H,20,23). The quantitative estimate of drug-likeness (QED) is 0.773. The molecule has 6 heteroatoms. The number of rotatable bonds is 8. The highest BCUT2D eigenvalue weighted by Gasteiger charge is 2.19. The first-order chi connectivity index (χ1) is 11.7. The molecule has 0 bridgehead atoms. The van der Waals surface area contributed by atoms with Gasteiger partial charge in [-0.3, -0.25) is 14.6 Å². The maximum Gasteiger partial charge on any atom is 0.224 e. The molecule has 1 saturated heterocycles. The summed E-state index contributed by atoms with van der Waals surface area (Å²) in [6, 6.07) is 3.92. The van der Waals surface area contributed by atoms with Crippen molar-refractivity contribution in [1.29, 1.82) is 0 Å². The maximum absolute atomic E-state index is 12.1. The van der Waals surface area contributed by atoms with Gasteiger partial charge < -0.3 is 15.1 Å². The van der Waals surface area contributed by atoms with Gasteiger partial charge in [0, 0.05) is 58.0 Å². The molecule has 6 nitrogen and oxygen atoms in total. The number of nitrogens with zero attached hydrogens (tertiary/aromatic N) is 3. The Labute approximate surface area is 144 Å². The molecule has 0 spiro atoms. The molecule has 1 aliphatic rings. The molecule has 0 radical (unpaired) electrons. The smallest absolute Gasteiger partial charge is 0.224 e. The third kappa shape index (κ3) is 6.28. The van der Waals surface area contributed by atoms with Crippen molar-refractivity contribution in [3.8, 4) is 0 Å². The summed E-state index contributed by atoms with van der Waals surface area (Å²) in [4.78, 5) is 32.2. The molecule has 0 saturated carbocycles. The maximum atomic E-state index is 12.1. The number of likely N-dealkylation sites (N-methyl/N-ethyl adjacent to an activating group) is 1. The van der Waals surface area contributed by atoms with Crippen molar-refractivity contribution in [2.75, 3.05) is 39.3 Å². The largest absolute Gasteiger partial charge is 0.356 e. The van der Waals surface area contributed by atoms with Crippen LogP contribution >= 0.6 is 0 Å². The van der Waals surface area contributed by atoms with E-state index < -0.39 is 0 Å². The second-order valence-corrected chi connectivity index (χ2v) is 6.13. The van der Waals surface area contributed by atoms with Gasteiger partial charge in [0.25, 0.3) is 0 Å². The molecule has 2 amide bonds. The Morgan fingerprint density at radius 2 is 2.00 bits per heavy atom. The average molecular weight is 332 g/mol. The number of piperazine rings is 1. The van der Waals surface area contributed by atoms with Crippen molar-refractivity contribution in [2.24, 2.45) is 0 Å². The molecule has 0 unspecified atom stereocenters. The van der Waals surface area contributed by atoms with E-state index in [1.165, 1.54) is 0 Å². The lowest BCUT2D eigenvalue weighted by atomic mass is 10.1. The SMILES string of the molecule is CCN1CCN(C(=O)CCNC(=O)CCCc2cccnc2)CC1. The van der Waals surface area contributed by atoms with Crippen LogP contribution in [0.3, 0.4) is 0 Å². The van der Waals surface area contributed by atoms with E-state index in [0.717, 1.165) is 51.1 Å². The number of hydrogen-bond donors (Lipinski definition) is 1. The summed E-state index contributed by atoms with van der Waals surface area (Å²) in [6.45, 7) is 7.10. The van der Waals surface area contributed by atoms with E-state index in [2.05, 4.69) is 22.1 Å². The number of amides is 2. The highest BCUT2D eigenvalue weighted by Crippen LogP contribution is 2.04.